The van der Waals surface area contributed by atoms with Gasteiger partial charge in [0, 0.05) is 30.7 Å². The van der Waals surface area contributed by atoms with Crippen LogP contribution in [0.25, 0.3) is 11.3 Å². The number of nitrogens with one attached hydrogen (secondary N) is 1. The van der Waals surface area contributed by atoms with Crippen molar-refractivity contribution in [3.63, 3.8) is 0 Å². The molecule has 6 nitrogen and oxygen atoms in total. The first-order chi connectivity index (χ1) is 12.2. The standard InChI is InChI=1S/C19H23N5O/c1-13-19(14(2)25-23-13)18-5-3-4-16(21-18)10-15-7-9-24(11-15)12-17-6-8-20-22-17/h3-6,8,15H,7,9-12H2,1-2H3,(H,20,22)/t15-/m1/s1. The number of aromatic nitrogens is 4. The van der Waals surface area contributed by atoms with E-state index in [-0.39, 0.29) is 0 Å². The van der Waals surface area contributed by atoms with Crippen LogP contribution in [-0.2, 0) is 13.0 Å². The number of rotatable bonds is 5. The van der Waals surface area contributed by atoms with Gasteiger partial charge in [-0.1, -0.05) is 11.2 Å². The predicted molar refractivity (Wildman–Crippen MR) is 94.9 cm³/mol. The molecule has 0 aliphatic carbocycles. The molecule has 4 rings (SSSR count). The Morgan fingerprint density at radius 1 is 1.28 bits per heavy atom. The van der Waals surface area contributed by atoms with Crippen molar-refractivity contribution >= 4 is 0 Å². The van der Waals surface area contributed by atoms with E-state index in [0.717, 1.165) is 54.5 Å². The fourth-order valence-corrected chi connectivity index (χ4v) is 3.71. The number of likely N-dealkylation sites (tertiary alicyclic amines) is 1. The summed E-state index contributed by atoms with van der Waals surface area (Å²) in [5.74, 6) is 1.48. The van der Waals surface area contributed by atoms with Gasteiger partial charge in [-0.3, -0.25) is 15.0 Å². The molecule has 6 heteroatoms. The van der Waals surface area contributed by atoms with E-state index in [4.69, 9.17) is 9.51 Å². The van der Waals surface area contributed by atoms with Gasteiger partial charge in [0.25, 0.3) is 0 Å². The second-order valence-corrected chi connectivity index (χ2v) is 6.89. The van der Waals surface area contributed by atoms with Crippen LogP contribution >= 0.6 is 0 Å². The Labute approximate surface area is 147 Å². The maximum atomic E-state index is 5.28. The summed E-state index contributed by atoms with van der Waals surface area (Å²) in [5.41, 5.74) is 5.20. The molecule has 3 aromatic rings. The summed E-state index contributed by atoms with van der Waals surface area (Å²) in [6, 6.07) is 8.29. The number of nitrogens with zero attached hydrogens (tertiary/aromatic N) is 4. The van der Waals surface area contributed by atoms with Crippen LogP contribution in [0.1, 0.15) is 29.3 Å². The van der Waals surface area contributed by atoms with Crippen molar-refractivity contribution in [1.82, 2.24) is 25.2 Å². The summed E-state index contributed by atoms with van der Waals surface area (Å²) in [4.78, 5) is 7.35. The molecule has 1 fully saturated rings. The molecule has 3 aromatic heterocycles. The molecule has 1 N–H and O–H groups in total. The quantitative estimate of drug-likeness (QED) is 0.774. The topological polar surface area (TPSA) is 70.8 Å². The fourth-order valence-electron chi connectivity index (χ4n) is 3.71. The first kappa shape index (κ1) is 16.0. The Bertz CT molecular complexity index is 820. The Morgan fingerprint density at radius 3 is 2.96 bits per heavy atom. The van der Waals surface area contributed by atoms with Crippen LogP contribution in [0.4, 0.5) is 0 Å². The summed E-state index contributed by atoms with van der Waals surface area (Å²) in [6.45, 7) is 7.09. The van der Waals surface area contributed by atoms with Gasteiger partial charge >= 0.3 is 0 Å². The van der Waals surface area contributed by atoms with Gasteiger partial charge in [0.15, 0.2) is 0 Å². The highest BCUT2D eigenvalue weighted by atomic mass is 16.5. The SMILES string of the molecule is Cc1noc(C)c1-c1cccc(C[C@H]2CCN(Cc3ccn[nH]3)C2)n1. The Hall–Kier alpha value is -2.47. The lowest BCUT2D eigenvalue weighted by molar-refractivity contribution is 0.312. The minimum Gasteiger partial charge on any atom is -0.361 e. The highest BCUT2D eigenvalue weighted by Crippen LogP contribution is 2.27. The van der Waals surface area contributed by atoms with E-state index in [1.807, 2.05) is 32.2 Å². The van der Waals surface area contributed by atoms with Gasteiger partial charge in [-0.05, 0) is 57.4 Å². The molecule has 0 saturated carbocycles. The van der Waals surface area contributed by atoms with Crippen molar-refractivity contribution in [3.8, 4) is 11.3 Å². The van der Waals surface area contributed by atoms with Crippen LogP contribution < -0.4 is 0 Å². The van der Waals surface area contributed by atoms with Crippen LogP contribution in [0.5, 0.6) is 0 Å². The molecule has 1 atom stereocenters. The maximum Gasteiger partial charge on any atom is 0.143 e. The molecule has 4 heterocycles. The van der Waals surface area contributed by atoms with Crippen molar-refractivity contribution in [1.29, 1.82) is 0 Å². The highest BCUT2D eigenvalue weighted by molar-refractivity contribution is 5.63. The van der Waals surface area contributed by atoms with Gasteiger partial charge in [-0.25, -0.2) is 0 Å². The second-order valence-electron chi connectivity index (χ2n) is 6.89. The molecule has 1 aliphatic heterocycles. The molecule has 0 aromatic carbocycles. The van der Waals surface area contributed by atoms with E-state index >= 15 is 0 Å². The van der Waals surface area contributed by atoms with E-state index in [2.05, 4.69) is 32.4 Å². The van der Waals surface area contributed by atoms with E-state index in [0.29, 0.717) is 5.92 Å². The molecule has 0 spiro atoms. The number of H-pyrrole nitrogens is 1. The van der Waals surface area contributed by atoms with Crippen LogP contribution in [0.2, 0.25) is 0 Å². The molecule has 0 bridgehead atoms. The largest absolute Gasteiger partial charge is 0.361 e. The van der Waals surface area contributed by atoms with Crippen molar-refractivity contribution in [2.24, 2.45) is 5.92 Å². The maximum absolute atomic E-state index is 5.28. The highest BCUT2D eigenvalue weighted by Gasteiger charge is 2.23. The Kier molecular flexibility index (Phi) is 4.36. The number of hydrogen-bond donors (Lipinski definition) is 1. The van der Waals surface area contributed by atoms with Crippen molar-refractivity contribution < 1.29 is 4.52 Å². The third kappa shape index (κ3) is 3.49. The zero-order valence-electron chi connectivity index (χ0n) is 14.7. The minimum absolute atomic E-state index is 0.648. The molecule has 0 radical (unpaired) electrons. The predicted octanol–water partition coefficient (Wildman–Crippen LogP) is 3.14. The zero-order valence-corrected chi connectivity index (χ0v) is 14.7. The normalized spacial score (nSPS) is 18.1. The first-order valence-electron chi connectivity index (χ1n) is 8.79. The van der Waals surface area contributed by atoms with Crippen molar-refractivity contribution in [2.75, 3.05) is 13.1 Å². The first-order valence-corrected chi connectivity index (χ1v) is 8.79. The molecule has 25 heavy (non-hydrogen) atoms. The molecule has 0 amide bonds. The monoisotopic (exact) mass is 337 g/mol. The summed E-state index contributed by atoms with van der Waals surface area (Å²) in [7, 11) is 0. The number of aromatic amines is 1. The van der Waals surface area contributed by atoms with Gasteiger partial charge in [0.1, 0.15) is 5.76 Å². The van der Waals surface area contributed by atoms with Gasteiger partial charge in [-0.15, -0.1) is 0 Å². The molecule has 130 valence electrons. The summed E-state index contributed by atoms with van der Waals surface area (Å²) >= 11 is 0. The zero-order chi connectivity index (χ0) is 17.2. The van der Waals surface area contributed by atoms with Crippen LogP contribution in [0, 0.1) is 19.8 Å². The van der Waals surface area contributed by atoms with Crippen molar-refractivity contribution in [2.45, 2.75) is 33.2 Å². The third-order valence-corrected chi connectivity index (χ3v) is 4.92. The lowest BCUT2D eigenvalue weighted by Crippen LogP contribution is -2.21. The molecule has 0 unspecified atom stereocenters. The minimum atomic E-state index is 0.648. The average Bonchev–Trinajstić information content (AvgIpc) is 3.32. The van der Waals surface area contributed by atoms with Gasteiger partial charge < -0.3 is 4.52 Å². The molecule has 1 saturated heterocycles. The summed E-state index contributed by atoms with van der Waals surface area (Å²) in [5, 5.41) is 11.1. The summed E-state index contributed by atoms with van der Waals surface area (Å²) in [6.07, 6.45) is 4.04. The number of aryl methyl sites for hydroxylation is 2. The second kappa shape index (κ2) is 6.80. The van der Waals surface area contributed by atoms with Crippen LogP contribution in [0.3, 0.4) is 0 Å². The molecular formula is C19H23N5O. The smallest absolute Gasteiger partial charge is 0.143 e. The lowest BCUT2D eigenvalue weighted by Gasteiger charge is -2.15. The Balaban J connectivity index is 1.43. The van der Waals surface area contributed by atoms with Crippen LogP contribution in [-0.4, -0.2) is 38.3 Å². The summed E-state index contributed by atoms with van der Waals surface area (Å²) < 4.78 is 5.28. The Morgan fingerprint density at radius 2 is 2.20 bits per heavy atom. The number of hydrogen-bond acceptors (Lipinski definition) is 5. The van der Waals surface area contributed by atoms with E-state index in [1.165, 1.54) is 12.1 Å². The van der Waals surface area contributed by atoms with Gasteiger partial charge in [0.2, 0.25) is 0 Å². The third-order valence-electron chi connectivity index (χ3n) is 4.92. The van der Waals surface area contributed by atoms with E-state index < -0.39 is 0 Å². The van der Waals surface area contributed by atoms with Gasteiger partial charge in [0.05, 0.1) is 17.0 Å². The van der Waals surface area contributed by atoms with E-state index in [9.17, 15) is 0 Å². The average molecular weight is 337 g/mol. The van der Waals surface area contributed by atoms with Gasteiger partial charge in [-0.2, -0.15) is 5.10 Å². The molecular weight excluding hydrogens is 314 g/mol. The van der Waals surface area contributed by atoms with Crippen molar-refractivity contribution in [3.05, 3.63) is 53.3 Å². The number of pyridine rings is 1. The van der Waals surface area contributed by atoms with Crippen LogP contribution in [0.15, 0.2) is 35.0 Å². The molecule has 1 aliphatic rings. The lowest BCUT2D eigenvalue weighted by atomic mass is 10.0. The fraction of sp³-hybridized carbons (Fsp3) is 0.421. The van der Waals surface area contributed by atoms with E-state index in [1.54, 1.807) is 0 Å².